The first kappa shape index (κ1) is 15.6. The molecule has 1 saturated carbocycles. The molecule has 0 aliphatic heterocycles. The van der Waals surface area contributed by atoms with Gasteiger partial charge in [-0.15, -0.1) is 0 Å². The number of rotatable bonds is 6. The summed E-state index contributed by atoms with van der Waals surface area (Å²) in [6, 6.07) is 4.18. The van der Waals surface area contributed by atoms with Gasteiger partial charge in [-0.2, -0.15) is 0 Å². The van der Waals surface area contributed by atoms with Crippen molar-refractivity contribution in [2.75, 3.05) is 13.7 Å². The van der Waals surface area contributed by atoms with E-state index in [4.69, 9.17) is 9.15 Å². The molecule has 1 N–H and O–H groups in total. The minimum Gasteiger partial charge on any atom is -0.468 e. The van der Waals surface area contributed by atoms with Gasteiger partial charge >= 0.3 is 0 Å². The Hall–Kier alpha value is -0.800. The molecule has 1 aliphatic rings. The zero-order valence-electron chi connectivity index (χ0n) is 13.4. The van der Waals surface area contributed by atoms with Crippen molar-refractivity contribution in [2.45, 2.75) is 64.5 Å². The second-order valence-corrected chi connectivity index (χ2v) is 6.84. The van der Waals surface area contributed by atoms with Gasteiger partial charge in [0, 0.05) is 7.11 Å². The number of methoxy groups -OCH3 is 1. The number of nitrogens with one attached hydrogen (secondary N) is 1. The van der Waals surface area contributed by atoms with E-state index in [0.717, 1.165) is 31.6 Å². The van der Waals surface area contributed by atoms with Crippen molar-refractivity contribution < 1.29 is 9.15 Å². The van der Waals surface area contributed by atoms with Gasteiger partial charge in [0.05, 0.1) is 17.9 Å². The van der Waals surface area contributed by atoms with Crippen LogP contribution in [0.3, 0.4) is 0 Å². The lowest BCUT2D eigenvalue weighted by Crippen LogP contribution is -2.49. The summed E-state index contributed by atoms with van der Waals surface area (Å²) in [6.45, 7) is 7.89. The first-order chi connectivity index (χ1) is 9.53. The number of hydrogen-bond acceptors (Lipinski definition) is 3. The van der Waals surface area contributed by atoms with Crippen LogP contribution in [0.1, 0.15) is 64.7 Å². The minimum atomic E-state index is -0.136. The maximum absolute atomic E-state index is 6.03. The van der Waals surface area contributed by atoms with Crippen molar-refractivity contribution in [3.05, 3.63) is 24.2 Å². The molecule has 1 aromatic heterocycles. The standard InChI is InChI=1S/C17H29NO2/c1-5-12-18-15(14-7-6-13-20-14)17(19-4)10-8-16(2,3)9-11-17/h6-7,13,15,18H,5,8-12H2,1-4H3. The molecule has 0 radical (unpaired) electrons. The number of ether oxygens (including phenoxy) is 1. The molecule has 0 saturated heterocycles. The molecule has 1 fully saturated rings. The first-order valence-electron chi connectivity index (χ1n) is 7.85. The van der Waals surface area contributed by atoms with Crippen LogP contribution in [0.2, 0.25) is 0 Å². The maximum atomic E-state index is 6.03. The topological polar surface area (TPSA) is 34.4 Å². The Bertz CT molecular complexity index is 387. The third-order valence-electron chi connectivity index (χ3n) is 4.81. The van der Waals surface area contributed by atoms with E-state index in [-0.39, 0.29) is 11.6 Å². The summed E-state index contributed by atoms with van der Waals surface area (Å²) in [5.74, 6) is 1.00. The largest absolute Gasteiger partial charge is 0.468 e. The molecule has 1 unspecified atom stereocenters. The van der Waals surface area contributed by atoms with E-state index >= 15 is 0 Å². The van der Waals surface area contributed by atoms with Gasteiger partial charge in [-0.1, -0.05) is 20.8 Å². The van der Waals surface area contributed by atoms with E-state index in [1.807, 2.05) is 13.2 Å². The molecule has 1 atom stereocenters. The third-order valence-corrected chi connectivity index (χ3v) is 4.81. The highest BCUT2D eigenvalue weighted by molar-refractivity contribution is 5.13. The predicted molar refractivity (Wildman–Crippen MR) is 81.7 cm³/mol. The molecule has 3 nitrogen and oxygen atoms in total. The summed E-state index contributed by atoms with van der Waals surface area (Å²) in [4.78, 5) is 0. The van der Waals surface area contributed by atoms with Crippen molar-refractivity contribution in [3.8, 4) is 0 Å². The maximum Gasteiger partial charge on any atom is 0.123 e. The predicted octanol–water partition coefficient (Wildman–Crippen LogP) is 4.31. The van der Waals surface area contributed by atoms with Gasteiger partial charge in [-0.3, -0.25) is 0 Å². The highest BCUT2D eigenvalue weighted by Crippen LogP contribution is 2.47. The molecule has 0 spiro atoms. The zero-order chi connectivity index (χ0) is 14.6. The van der Waals surface area contributed by atoms with Gasteiger partial charge in [0.15, 0.2) is 0 Å². The number of furan rings is 1. The van der Waals surface area contributed by atoms with Gasteiger partial charge in [0.1, 0.15) is 5.76 Å². The molecule has 20 heavy (non-hydrogen) atoms. The minimum absolute atomic E-state index is 0.136. The summed E-state index contributed by atoms with van der Waals surface area (Å²) in [5.41, 5.74) is 0.295. The Morgan fingerprint density at radius 3 is 2.50 bits per heavy atom. The van der Waals surface area contributed by atoms with Gasteiger partial charge < -0.3 is 14.5 Å². The van der Waals surface area contributed by atoms with Crippen molar-refractivity contribution >= 4 is 0 Å². The van der Waals surface area contributed by atoms with Gasteiger partial charge in [0.2, 0.25) is 0 Å². The summed E-state index contributed by atoms with van der Waals surface area (Å²) in [5, 5.41) is 3.64. The molecular weight excluding hydrogens is 250 g/mol. The summed E-state index contributed by atoms with van der Waals surface area (Å²) in [7, 11) is 1.85. The molecule has 0 aromatic carbocycles. The van der Waals surface area contributed by atoms with E-state index in [1.165, 1.54) is 12.8 Å². The molecule has 1 heterocycles. The van der Waals surface area contributed by atoms with Crippen molar-refractivity contribution in [3.63, 3.8) is 0 Å². The van der Waals surface area contributed by atoms with Crippen molar-refractivity contribution in [2.24, 2.45) is 5.41 Å². The van der Waals surface area contributed by atoms with Crippen molar-refractivity contribution in [1.82, 2.24) is 5.32 Å². The van der Waals surface area contributed by atoms with Crippen LogP contribution in [-0.2, 0) is 4.74 Å². The van der Waals surface area contributed by atoms with E-state index in [9.17, 15) is 0 Å². The normalized spacial score (nSPS) is 22.6. The molecule has 114 valence electrons. The van der Waals surface area contributed by atoms with Crippen LogP contribution in [0.25, 0.3) is 0 Å². The highest BCUT2D eigenvalue weighted by Gasteiger charge is 2.45. The molecule has 2 rings (SSSR count). The Kier molecular flexibility index (Phi) is 4.92. The van der Waals surface area contributed by atoms with E-state index in [2.05, 4.69) is 32.2 Å². The van der Waals surface area contributed by atoms with Crippen LogP contribution >= 0.6 is 0 Å². The van der Waals surface area contributed by atoms with E-state index < -0.39 is 0 Å². The molecule has 3 heteroatoms. The average molecular weight is 279 g/mol. The fraction of sp³-hybridized carbons (Fsp3) is 0.765. The van der Waals surface area contributed by atoms with Crippen LogP contribution < -0.4 is 5.32 Å². The summed E-state index contributed by atoms with van der Waals surface area (Å²) < 4.78 is 11.7. The van der Waals surface area contributed by atoms with E-state index in [0.29, 0.717) is 5.41 Å². The first-order valence-corrected chi connectivity index (χ1v) is 7.85. The van der Waals surface area contributed by atoms with Crippen LogP contribution in [-0.4, -0.2) is 19.3 Å². The second-order valence-electron chi connectivity index (χ2n) is 6.84. The average Bonchev–Trinajstić information content (AvgIpc) is 2.95. The fourth-order valence-corrected chi connectivity index (χ4v) is 3.25. The Labute approximate surface area is 123 Å². The summed E-state index contributed by atoms with van der Waals surface area (Å²) in [6.07, 6.45) is 7.43. The zero-order valence-corrected chi connectivity index (χ0v) is 13.4. The lowest BCUT2D eigenvalue weighted by molar-refractivity contribution is -0.0915. The second kappa shape index (κ2) is 6.31. The van der Waals surface area contributed by atoms with Gasteiger partial charge in [0.25, 0.3) is 0 Å². The third kappa shape index (κ3) is 3.26. The Morgan fingerprint density at radius 2 is 2.00 bits per heavy atom. The lowest BCUT2D eigenvalue weighted by atomic mass is 9.68. The van der Waals surface area contributed by atoms with E-state index in [1.54, 1.807) is 6.26 Å². The molecule has 1 aliphatic carbocycles. The fourth-order valence-electron chi connectivity index (χ4n) is 3.25. The smallest absolute Gasteiger partial charge is 0.123 e. The van der Waals surface area contributed by atoms with Crippen LogP contribution in [0.4, 0.5) is 0 Å². The Morgan fingerprint density at radius 1 is 1.30 bits per heavy atom. The Balaban J connectivity index is 2.21. The van der Waals surface area contributed by atoms with Crippen LogP contribution in [0.5, 0.6) is 0 Å². The quantitative estimate of drug-likeness (QED) is 0.842. The van der Waals surface area contributed by atoms with Crippen LogP contribution in [0, 0.1) is 5.41 Å². The summed E-state index contributed by atoms with van der Waals surface area (Å²) >= 11 is 0. The van der Waals surface area contributed by atoms with Gasteiger partial charge in [-0.25, -0.2) is 0 Å². The molecular formula is C17H29NO2. The molecule has 0 amide bonds. The van der Waals surface area contributed by atoms with Crippen molar-refractivity contribution in [1.29, 1.82) is 0 Å². The lowest BCUT2D eigenvalue weighted by Gasteiger charge is -2.46. The SMILES string of the molecule is CCCNC(c1ccco1)C1(OC)CCC(C)(C)CC1. The number of hydrogen-bond donors (Lipinski definition) is 1. The monoisotopic (exact) mass is 279 g/mol. The van der Waals surface area contributed by atoms with Gasteiger partial charge in [-0.05, 0) is 56.2 Å². The molecule has 0 bridgehead atoms. The van der Waals surface area contributed by atoms with Crippen LogP contribution in [0.15, 0.2) is 22.8 Å². The highest BCUT2D eigenvalue weighted by atomic mass is 16.5. The molecule has 1 aromatic rings.